The maximum atomic E-state index is 14.8. The molecule has 10 heteroatoms. The molecule has 2 atom stereocenters. The van der Waals surface area contributed by atoms with Gasteiger partial charge in [-0.3, -0.25) is 14.4 Å². The maximum Gasteiger partial charge on any atom is 0.309 e. The summed E-state index contributed by atoms with van der Waals surface area (Å²) in [5.41, 5.74) is 6.68. The molecule has 1 saturated heterocycles. The molecule has 2 bridgehead atoms. The normalized spacial score (nSPS) is 18.2. The van der Waals surface area contributed by atoms with E-state index in [-0.39, 0.29) is 61.8 Å². The van der Waals surface area contributed by atoms with Gasteiger partial charge in [-0.25, -0.2) is 8.78 Å². The van der Waals surface area contributed by atoms with Gasteiger partial charge in [0.1, 0.15) is 5.75 Å². The summed E-state index contributed by atoms with van der Waals surface area (Å²) in [4.78, 5) is 43.6. The van der Waals surface area contributed by atoms with Gasteiger partial charge < -0.3 is 25.0 Å². The lowest BCUT2D eigenvalue weighted by Gasteiger charge is -2.45. The zero-order valence-corrected chi connectivity index (χ0v) is 33.6. The number of rotatable bonds is 17. The van der Waals surface area contributed by atoms with Crippen LogP contribution < -0.4 is 10.1 Å². The number of hydrogen-bond acceptors (Lipinski definition) is 5. The molecule has 300 valence electrons. The monoisotopic (exact) mass is 769 g/mol. The molecular weight excluding hydrogens is 713 g/mol. The molecule has 0 unspecified atom stereocenters. The van der Waals surface area contributed by atoms with E-state index in [0.29, 0.717) is 25.1 Å². The molecule has 2 aliphatic heterocycles. The van der Waals surface area contributed by atoms with Crippen LogP contribution in [-0.4, -0.2) is 77.1 Å². The van der Waals surface area contributed by atoms with Gasteiger partial charge in [0.05, 0.1) is 18.1 Å². The van der Waals surface area contributed by atoms with E-state index >= 15 is 0 Å². The third kappa shape index (κ3) is 9.34. The van der Waals surface area contributed by atoms with Crippen LogP contribution in [0.1, 0.15) is 100 Å². The Morgan fingerprint density at radius 2 is 1.68 bits per heavy atom. The lowest BCUT2D eigenvalue weighted by atomic mass is 9.82. The quantitative estimate of drug-likeness (QED) is 0.146. The molecule has 3 aromatic rings. The maximum absolute atomic E-state index is 14.8. The Morgan fingerprint density at radius 3 is 2.34 bits per heavy atom. The van der Waals surface area contributed by atoms with Crippen LogP contribution in [-0.2, 0) is 46.5 Å². The largest absolute Gasteiger partial charge is 0.493 e. The van der Waals surface area contributed by atoms with E-state index in [2.05, 4.69) is 62.5 Å². The second-order valence-corrected chi connectivity index (χ2v) is 16.3. The highest BCUT2D eigenvalue weighted by Crippen LogP contribution is 2.37. The van der Waals surface area contributed by atoms with Gasteiger partial charge >= 0.3 is 5.97 Å². The zero-order valence-electron chi connectivity index (χ0n) is 33.6. The number of carboxylic acid groups (broad SMARTS) is 1. The summed E-state index contributed by atoms with van der Waals surface area (Å²) in [5.74, 6) is -2.05. The van der Waals surface area contributed by atoms with E-state index in [1.54, 1.807) is 24.8 Å². The molecule has 2 heterocycles. The molecule has 0 spiro atoms. The molecule has 6 rings (SSSR count). The van der Waals surface area contributed by atoms with Crippen molar-refractivity contribution >= 4 is 23.4 Å². The van der Waals surface area contributed by atoms with Gasteiger partial charge in [-0.05, 0) is 116 Å². The first-order valence-corrected chi connectivity index (χ1v) is 20.4. The van der Waals surface area contributed by atoms with Crippen molar-refractivity contribution in [3.05, 3.63) is 105 Å². The fourth-order valence-electron chi connectivity index (χ4n) is 8.20. The number of piperazine rings is 1. The fraction of sp³-hybridized carbons (Fsp3) is 0.500. The summed E-state index contributed by atoms with van der Waals surface area (Å²) in [5, 5.41) is 13.2. The van der Waals surface area contributed by atoms with Gasteiger partial charge in [-0.15, -0.1) is 0 Å². The van der Waals surface area contributed by atoms with Crippen molar-refractivity contribution < 1.29 is 33.0 Å². The number of ether oxygens (including phenoxy) is 1. The van der Waals surface area contributed by atoms with E-state index < -0.39 is 29.1 Å². The fourth-order valence-corrected chi connectivity index (χ4v) is 8.20. The van der Waals surface area contributed by atoms with E-state index in [1.807, 2.05) is 4.90 Å². The molecule has 0 radical (unpaired) electrons. The molecular formula is C46H57F2N3O5. The molecule has 0 aromatic heterocycles. The number of hydrogen-bond donors (Lipinski definition) is 2. The molecule has 2 amide bonds. The minimum atomic E-state index is -1.03. The van der Waals surface area contributed by atoms with Crippen LogP contribution >= 0.6 is 0 Å². The number of amides is 2. The molecule has 3 aliphatic rings. The molecule has 1 saturated carbocycles. The average molecular weight is 770 g/mol. The lowest BCUT2D eigenvalue weighted by molar-refractivity contribution is -0.148. The summed E-state index contributed by atoms with van der Waals surface area (Å²) in [7, 11) is 0. The summed E-state index contributed by atoms with van der Waals surface area (Å²) in [6, 6.07) is 16.4. The summed E-state index contributed by atoms with van der Waals surface area (Å²) in [6.07, 6.45) is 6.24. The van der Waals surface area contributed by atoms with Crippen molar-refractivity contribution in [2.75, 3.05) is 26.2 Å². The topological polar surface area (TPSA) is 99.2 Å². The zero-order chi connectivity index (χ0) is 40.1. The Hall–Kier alpha value is -4.57. The van der Waals surface area contributed by atoms with Crippen LogP contribution in [0, 0.1) is 17.0 Å². The van der Waals surface area contributed by atoms with Crippen LogP contribution in [0.25, 0.3) is 5.57 Å². The van der Waals surface area contributed by atoms with Crippen LogP contribution in [0.3, 0.4) is 0 Å². The van der Waals surface area contributed by atoms with Crippen molar-refractivity contribution in [1.82, 2.24) is 15.1 Å². The summed E-state index contributed by atoms with van der Waals surface area (Å²) >= 11 is 0. The van der Waals surface area contributed by atoms with Crippen LogP contribution in [0.5, 0.6) is 5.75 Å². The number of aliphatic carboxylic acids is 1. The highest BCUT2D eigenvalue weighted by atomic mass is 19.2. The van der Waals surface area contributed by atoms with Crippen molar-refractivity contribution in [3.63, 3.8) is 0 Å². The van der Waals surface area contributed by atoms with Crippen molar-refractivity contribution in [2.24, 2.45) is 5.41 Å². The summed E-state index contributed by atoms with van der Waals surface area (Å²) in [6.45, 7) is 11.3. The van der Waals surface area contributed by atoms with Gasteiger partial charge in [0.2, 0.25) is 5.91 Å². The number of carbonyl (C=O) groups excluding carboxylic acids is 2. The minimum absolute atomic E-state index is 0.00666. The van der Waals surface area contributed by atoms with Crippen molar-refractivity contribution in [3.8, 4) is 5.75 Å². The lowest BCUT2D eigenvalue weighted by Crippen LogP contribution is -2.62. The van der Waals surface area contributed by atoms with Crippen molar-refractivity contribution in [1.29, 1.82) is 0 Å². The highest BCUT2D eigenvalue weighted by Gasteiger charge is 2.43. The number of nitrogens with zero attached hydrogens (tertiary/aromatic N) is 2. The Morgan fingerprint density at radius 1 is 0.929 bits per heavy atom. The van der Waals surface area contributed by atoms with Crippen molar-refractivity contribution in [2.45, 2.75) is 117 Å². The molecule has 2 fully saturated rings. The van der Waals surface area contributed by atoms with Crippen LogP contribution in [0.4, 0.5) is 8.78 Å². The number of halogens is 2. The first kappa shape index (κ1) is 41.1. The number of nitrogens with one attached hydrogen (secondary N) is 1. The smallest absolute Gasteiger partial charge is 0.309 e. The van der Waals surface area contributed by atoms with Gasteiger partial charge in [0.25, 0.3) is 5.91 Å². The van der Waals surface area contributed by atoms with Crippen LogP contribution in [0.15, 0.2) is 60.2 Å². The Bertz CT molecular complexity index is 1950. The molecule has 3 aromatic carbocycles. The SMILES string of the molecule is CCc1cc(CC)c(CC)c(OCCc2ccc(C3=C(C(=O)N(CCc4cccc(F)c4F)C4CC4)[C@H]4CN(C(=O)CCC(C)(C)C(=O)O)C[C@@H](C3)N4)cc2)c1. The third-order valence-electron chi connectivity index (χ3n) is 11.9. The first-order chi connectivity index (χ1) is 26.8. The summed E-state index contributed by atoms with van der Waals surface area (Å²) < 4.78 is 35.2. The molecule has 2 N–H and O–H groups in total. The van der Waals surface area contributed by atoms with E-state index in [4.69, 9.17) is 4.74 Å². The number of aryl methyl sites for hydroxylation is 2. The van der Waals surface area contributed by atoms with Crippen LogP contribution in [0.2, 0.25) is 0 Å². The molecule has 8 nitrogen and oxygen atoms in total. The molecule has 1 aliphatic carbocycles. The second kappa shape index (κ2) is 17.7. The van der Waals surface area contributed by atoms with E-state index in [9.17, 15) is 28.3 Å². The second-order valence-electron chi connectivity index (χ2n) is 16.3. The van der Waals surface area contributed by atoms with Gasteiger partial charge in [-0.1, -0.05) is 63.2 Å². The Balaban J connectivity index is 1.25. The number of carboxylic acids is 1. The first-order valence-electron chi connectivity index (χ1n) is 20.4. The number of benzene rings is 3. The highest BCUT2D eigenvalue weighted by molar-refractivity contribution is 6.03. The standard InChI is InChI=1S/C46H57F2N3O5/c1-6-29-24-31(7-2)36(8-3)40(25-29)56-23-20-30-12-14-32(15-13-30)37-26-34-27-50(41(52)18-21-46(4,5)45(54)55)28-39(49-34)42(37)44(53)51(35-16-17-35)22-19-33-10-9-11-38(47)43(33)48/h9-15,24-25,34-35,39,49H,6-8,16-23,26-28H2,1-5H3,(H,54,55)/t34-,39-/m1/s1. The minimum Gasteiger partial charge on any atom is -0.493 e. The third-order valence-corrected chi connectivity index (χ3v) is 11.9. The average Bonchev–Trinajstić information content (AvgIpc) is 4.03. The number of fused-ring (bicyclic) bond motifs is 2. The Kier molecular flexibility index (Phi) is 13.0. The predicted molar refractivity (Wildman–Crippen MR) is 214 cm³/mol. The Labute approximate surface area is 330 Å². The van der Waals surface area contributed by atoms with Gasteiger partial charge in [0.15, 0.2) is 11.6 Å². The molecule has 56 heavy (non-hydrogen) atoms. The van der Waals surface area contributed by atoms with E-state index in [0.717, 1.165) is 67.0 Å². The van der Waals surface area contributed by atoms with Gasteiger partial charge in [0, 0.05) is 50.1 Å². The number of carbonyl (C=O) groups is 3. The van der Waals surface area contributed by atoms with Gasteiger partial charge in [-0.2, -0.15) is 0 Å². The predicted octanol–water partition coefficient (Wildman–Crippen LogP) is 7.72. The van der Waals surface area contributed by atoms with E-state index in [1.165, 1.54) is 22.8 Å².